The van der Waals surface area contributed by atoms with E-state index in [9.17, 15) is 27.2 Å². The van der Waals surface area contributed by atoms with Crippen LogP contribution < -0.4 is 10.9 Å². The fraction of sp³-hybridized carbons (Fsp3) is 0.355. The van der Waals surface area contributed by atoms with Crippen molar-refractivity contribution in [3.05, 3.63) is 86.7 Å². The fourth-order valence-electron chi connectivity index (χ4n) is 5.16. The molecule has 4 aromatic rings. The van der Waals surface area contributed by atoms with Gasteiger partial charge in [-0.25, -0.2) is 9.37 Å². The average molecular weight is 614 g/mol. The molecule has 1 aliphatic heterocycles. The van der Waals surface area contributed by atoms with Gasteiger partial charge in [0, 0.05) is 49.0 Å². The zero-order valence-electron chi connectivity index (χ0n) is 24.0. The molecule has 3 aromatic heterocycles. The molecule has 1 aliphatic rings. The van der Waals surface area contributed by atoms with E-state index in [4.69, 9.17) is 0 Å². The van der Waals surface area contributed by atoms with Gasteiger partial charge in [-0.3, -0.25) is 19.1 Å². The van der Waals surface area contributed by atoms with Crippen molar-refractivity contribution in [3.63, 3.8) is 0 Å². The first kappa shape index (κ1) is 30.6. The highest BCUT2D eigenvalue weighted by Crippen LogP contribution is 2.32. The van der Waals surface area contributed by atoms with Gasteiger partial charge in [0.15, 0.2) is 0 Å². The Morgan fingerprint density at radius 3 is 2.49 bits per heavy atom. The minimum atomic E-state index is -4.57. The van der Waals surface area contributed by atoms with Crippen molar-refractivity contribution in [3.8, 4) is 27.5 Å². The number of alkyl halides is 3. The summed E-state index contributed by atoms with van der Waals surface area (Å²) in [5, 5.41) is 5.15. The Morgan fingerprint density at radius 1 is 1.12 bits per heavy atom. The first-order chi connectivity index (χ1) is 20.5. The monoisotopic (exact) mass is 613 g/mol. The zero-order chi connectivity index (χ0) is 30.9. The number of piperazine rings is 1. The van der Waals surface area contributed by atoms with Gasteiger partial charge < -0.3 is 10.2 Å². The van der Waals surface area contributed by atoms with Crippen molar-refractivity contribution in [2.75, 3.05) is 26.2 Å². The van der Waals surface area contributed by atoms with Crippen LogP contribution in [0.5, 0.6) is 0 Å². The van der Waals surface area contributed by atoms with Gasteiger partial charge in [-0.1, -0.05) is 26.8 Å². The van der Waals surface area contributed by atoms with Gasteiger partial charge in [-0.2, -0.15) is 13.2 Å². The van der Waals surface area contributed by atoms with Gasteiger partial charge >= 0.3 is 6.18 Å². The van der Waals surface area contributed by atoms with Crippen molar-refractivity contribution in [2.45, 2.75) is 39.8 Å². The van der Waals surface area contributed by atoms with E-state index in [1.165, 1.54) is 22.8 Å². The molecule has 0 unspecified atom stereocenters. The van der Waals surface area contributed by atoms with Crippen LogP contribution in [0.4, 0.5) is 17.6 Å². The Hall–Kier alpha value is -3.90. The molecule has 1 N–H and O–H groups in total. The van der Waals surface area contributed by atoms with Crippen molar-refractivity contribution < 1.29 is 22.4 Å². The highest BCUT2D eigenvalue weighted by molar-refractivity contribution is 7.13. The number of rotatable bonds is 7. The first-order valence-corrected chi connectivity index (χ1v) is 14.9. The number of hydrogen-bond acceptors (Lipinski definition) is 6. The molecule has 0 saturated carbocycles. The Balaban J connectivity index is 1.73. The molecule has 4 heterocycles. The maximum Gasteiger partial charge on any atom is 0.433 e. The van der Waals surface area contributed by atoms with Gasteiger partial charge in [0.25, 0.3) is 11.5 Å². The number of amides is 1. The average Bonchev–Trinajstić information content (AvgIpc) is 3.47. The number of carbonyl (C=O) groups is 1. The van der Waals surface area contributed by atoms with Gasteiger partial charge in [0.2, 0.25) is 0 Å². The molecule has 0 atom stereocenters. The summed E-state index contributed by atoms with van der Waals surface area (Å²) in [7, 11) is 0. The second-order valence-electron chi connectivity index (χ2n) is 10.8. The van der Waals surface area contributed by atoms with Crippen molar-refractivity contribution in [2.24, 2.45) is 5.92 Å². The van der Waals surface area contributed by atoms with Crippen molar-refractivity contribution >= 4 is 17.2 Å². The molecule has 226 valence electrons. The maximum absolute atomic E-state index is 14.7. The number of nitrogens with one attached hydrogen (secondary N) is 1. The normalized spacial score (nSPS) is 14.0. The lowest BCUT2D eigenvalue weighted by molar-refractivity contribution is -0.141. The van der Waals surface area contributed by atoms with Gasteiger partial charge in [0.1, 0.15) is 16.5 Å². The summed E-state index contributed by atoms with van der Waals surface area (Å²) in [6, 6.07) is 8.02. The zero-order valence-corrected chi connectivity index (χ0v) is 24.8. The van der Waals surface area contributed by atoms with Crippen LogP contribution in [0.25, 0.3) is 27.5 Å². The van der Waals surface area contributed by atoms with Crippen LogP contribution in [0.1, 0.15) is 48.1 Å². The van der Waals surface area contributed by atoms with Crippen LogP contribution in [-0.4, -0.2) is 51.5 Å². The maximum atomic E-state index is 14.7. The van der Waals surface area contributed by atoms with Crippen LogP contribution in [0.15, 0.2) is 52.8 Å². The van der Waals surface area contributed by atoms with E-state index in [1.807, 2.05) is 20.8 Å². The van der Waals surface area contributed by atoms with E-state index in [-0.39, 0.29) is 22.4 Å². The number of benzene rings is 1. The Bertz CT molecular complexity index is 1690. The molecule has 0 spiro atoms. The van der Waals surface area contributed by atoms with Crippen LogP contribution in [-0.2, 0) is 19.0 Å². The van der Waals surface area contributed by atoms with E-state index in [2.05, 4.69) is 15.3 Å². The van der Waals surface area contributed by atoms with E-state index in [0.29, 0.717) is 67.2 Å². The summed E-state index contributed by atoms with van der Waals surface area (Å²) < 4.78 is 55.2. The lowest BCUT2D eigenvalue weighted by atomic mass is 9.98. The van der Waals surface area contributed by atoms with E-state index in [0.717, 1.165) is 29.2 Å². The lowest BCUT2D eigenvalue weighted by Gasteiger charge is -2.29. The number of aryl methyl sites for hydroxylation is 1. The second kappa shape index (κ2) is 12.4. The third-order valence-electron chi connectivity index (χ3n) is 7.29. The molecule has 1 fully saturated rings. The van der Waals surface area contributed by atoms with Gasteiger partial charge in [-0.05, 0) is 54.7 Å². The number of aromatic nitrogens is 3. The third-order valence-corrected chi connectivity index (χ3v) is 8.17. The summed E-state index contributed by atoms with van der Waals surface area (Å²) in [4.78, 5) is 38.2. The summed E-state index contributed by atoms with van der Waals surface area (Å²) in [6.45, 7) is 8.15. The number of thiazole rings is 1. The summed E-state index contributed by atoms with van der Waals surface area (Å²) in [6.07, 6.45) is -2.57. The topological polar surface area (TPSA) is 80.1 Å². The molecule has 1 saturated heterocycles. The fourth-order valence-corrected chi connectivity index (χ4v) is 6.00. The molecule has 12 heteroatoms. The van der Waals surface area contributed by atoms with Crippen LogP contribution >= 0.6 is 11.3 Å². The van der Waals surface area contributed by atoms with Crippen LogP contribution in [0.3, 0.4) is 0 Å². The molecule has 1 amide bonds. The Kier molecular flexibility index (Phi) is 8.79. The molecule has 7 nitrogen and oxygen atoms in total. The minimum Gasteiger partial charge on any atom is -0.336 e. The summed E-state index contributed by atoms with van der Waals surface area (Å²) in [5.74, 6) is -0.671. The predicted molar refractivity (Wildman–Crippen MR) is 158 cm³/mol. The minimum absolute atomic E-state index is 0.0725. The molecule has 43 heavy (non-hydrogen) atoms. The quantitative estimate of drug-likeness (QED) is 0.259. The molecule has 0 radical (unpaired) electrons. The highest BCUT2D eigenvalue weighted by Gasteiger charge is 2.32. The molecule has 1 aromatic carbocycles. The van der Waals surface area contributed by atoms with Gasteiger partial charge in [0.05, 0.1) is 22.5 Å². The van der Waals surface area contributed by atoms with Crippen LogP contribution in [0.2, 0.25) is 0 Å². The summed E-state index contributed by atoms with van der Waals surface area (Å²) >= 11 is 1.13. The molecular weight excluding hydrogens is 582 g/mol. The molecule has 0 aliphatic carbocycles. The molecule has 5 rings (SSSR count). The number of carbonyl (C=O) groups excluding carboxylic acids is 1. The van der Waals surface area contributed by atoms with Crippen molar-refractivity contribution in [1.82, 2.24) is 24.8 Å². The van der Waals surface area contributed by atoms with Crippen LogP contribution in [0, 0.1) is 11.7 Å². The standard InChI is InChI=1S/C31H31F4N5O2S/c1-4-19-5-7-21(32)14-25(19)40-26(13-18(2)3)22(29(41)39-11-9-36-10-12-39)15-23(30(40)42)28-38-24(17-43-28)20-6-8-27(37-16-20)31(33,34)35/h5-8,14-18,36H,4,9-13H2,1-3H3. The lowest BCUT2D eigenvalue weighted by Crippen LogP contribution is -2.47. The second-order valence-corrected chi connectivity index (χ2v) is 11.7. The van der Waals surface area contributed by atoms with Crippen molar-refractivity contribution in [1.29, 1.82) is 0 Å². The third kappa shape index (κ3) is 6.40. The first-order valence-electron chi connectivity index (χ1n) is 14.0. The summed E-state index contributed by atoms with van der Waals surface area (Å²) in [5.41, 5.74) is 1.29. The van der Waals surface area contributed by atoms with Gasteiger partial charge in [-0.15, -0.1) is 11.3 Å². The number of hydrogen-bond donors (Lipinski definition) is 1. The molecule has 0 bridgehead atoms. The van der Waals surface area contributed by atoms with E-state index in [1.54, 1.807) is 22.4 Å². The highest BCUT2D eigenvalue weighted by atomic mass is 32.1. The van der Waals surface area contributed by atoms with E-state index >= 15 is 0 Å². The molecular formula is C31H31F4N5O2S. The smallest absolute Gasteiger partial charge is 0.336 e. The number of halogens is 4. The number of pyridine rings is 2. The van der Waals surface area contributed by atoms with E-state index < -0.39 is 23.2 Å². The number of nitrogens with zero attached hydrogens (tertiary/aromatic N) is 4. The largest absolute Gasteiger partial charge is 0.433 e. The SMILES string of the molecule is CCc1ccc(F)cc1-n1c(CC(C)C)c(C(=O)N2CCNCC2)cc(-c2nc(-c3ccc(C(F)(F)F)nc3)cs2)c1=O. The Morgan fingerprint density at radius 2 is 1.86 bits per heavy atom. The Labute approximate surface area is 250 Å². The predicted octanol–water partition coefficient (Wildman–Crippen LogP) is 5.99.